The Balaban J connectivity index is 1.27. The van der Waals surface area contributed by atoms with Crippen molar-refractivity contribution in [1.82, 2.24) is 0 Å². The van der Waals surface area contributed by atoms with Crippen molar-refractivity contribution in [3.63, 3.8) is 0 Å². The minimum Gasteiger partial charge on any atom is -0.458 e. The molecule has 0 amide bonds. The van der Waals surface area contributed by atoms with Gasteiger partial charge in [0.2, 0.25) is 0 Å². The van der Waals surface area contributed by atoms with Crippen LogP contribution in [-0.4, -0.2) is 6.71 Å². The zero-order valence-corrected chi connectivity index (χ0v) is 19.2. The minimum absolute atomic E-state index is 0.0633. The lowest BCUT2D eigenvalue weighted by molar-refractivity contribution is 0.454. The van der Waals surface area contributed by atoms with Gasteiger partial charge in [-0.2, -0.15) is 0 Å². The fourth-order valence-corrected chi connectivity index (χ4v) is 5.18. The van der Waals surface area contributed by atoms with Gasteiger partial charge in [0.05, 0.1) is 0 Å². The molecule has 35 heavy (non-hydrogen) atoms. The number of benzene rings is 5. The van der Waals surface area contributed by atoms with Crippen LogP contribution < -0.4 is 30.6 Å². The summed E-state index contributed by atoms with van der Waals surface area (Å²) in [6.07, 6.45) is 0. The highest BCUT2D eigenvalue weighted by Crippen LogP contribution is 2.36. The van der Waals surface area contributed by atoms with Crippen molar-refractivity contribution in [3.8, 4) is 45.6 Å². The molecular weight excluding hydrogens is 431 g/mol. The van der Waals surface area contributed by atoms with Gasteiger partial charge in [0.25, 0.3) is 6.71 Å². The summed E-state index contributed by atoms with van der Waals surface area (Å²) in [4.78, 5) is 0. The van der Waals surface area contributed by atoms with Gasteiger partial charge in [-0.25, -0.2) is 0 Å². The molecule has 0 radical (unpaired) electrons. The highest BCUT2D eigenvalue weighted by atomic mass is 16.5. The monoisotopic (exact) mass is 452 g/mol. The quantitative estimate of drug-likeness (QED) is 0.300. The highest BCUT2D eigenvalue weighted by molar-refractivity contribution is 6.98. The summed E-state index contributed by atoms with van der Waals surface area (Å²) in [6, 6.07) is 36.9. The Hall–Kier alpha value is -4.44. The Morgan fingerprint density at radius 1 is 0.571 bits per heavy atom. The van der Waals surface area contributed by atoms with E-state index in [9.17, 15) is 0 Å². The first-order valence-corrected chi connectivity index (χ1v) is 11.8. The lowest BCUT2D eigenvalue weighted by Gasteiger charge is -2.32. The molecular formula is C31H21BO3. The molecule has 5 aromatic rings. The molecule has 0 atom stereocenters. The fraction of sp³-hybridized carbons (Fsp3) is 0.0323. The third-order valence-corrected chi connectivity index (χ3v) is 6.81. The van der Waals surface area contributed by atoms with Crippen LogP contribution in [0, 0.1) is 6.92 Å². The standard InChI is InChI=1S/C31H21BO3/c1-20-8-2-3-11-24(20)21-9-6-10-22(18-21)33-23-16-17-26-30(19-23)35-29-15-7-14-28-31(29)32(26)25-12-4-5-13-27(25)34-28/h2-19H,1H3. The first-order chi connectivity index (χ1) is 17.2. The average Bonchev–Trinajstić information content (AvgIpc) is 2.89. The van der Waals surface area contributed by atoms with Crippen LogP contribution in [0.3, 0.4) is 0 Å². The van der Waals surface area contributed by atoms with Gasteiger partial charge in [0.1, 0.15) is 34.5 Å². The minimum atomic E-state index is 0.0633. The van der Waals surface area contributed by atoms with Crippen LogP contribution in [0.4, 0.5) is 0 Å². The third-order valence-electron chi connectivity index (χ3n) is 6.81. The predicted molar refractivity (Wildman–Crippen MR) is 141 cm³/mol. The van der Waals surface area contributed by atoms with E-state index in [4.69, 9.17) is 14.2 Å². The maximum Gasteiger partial charge on any atom is 0.260 e. The fourth-order valence-electron chi connectivity index (χ4n) is 5.18. The van der Waals surface area contributed by atoms with Crippen molar-refractivity contribution < 1.29 is 14.2 Å². The number of aryl methyl sites for hydroxylation is 1. The van der Waals surface area contributed by atoms with Crippen LogP contribution in [0.1, 0.15) is 5.56 Å². The van der Waals surface area contributed by atoms with Crippen LogP contribution >= 0.6 is 0 Å². The van der Waals surface area contributed by atoms with Crippen molar-refractivity contribution in [2.75, 3.05) is 0 Å². The third kappa shape index (κ3) is 3.30. The SMILES string of the molecule is Cc1ccccc1-c1cccc(Oc2ccc3c(c2)Oc2cccc4c2B3c2ccccc2O4)c1. The van der Waals surface area contributed by atoms with E-state index in [1.165, 1.54) is 11.1 Å². The van der Waals surface area contributed by atoms with Crippen LogP contribution in [-0.2, 0) is 0 Å². The zero-order chi connectivity index (χ0) is 23.4. The first-order valence-electron chi connectivity index (χ1n) is 11.8. The lowest BCUT2D eigenvalue weighted by Crippen LogP contribution is -2.57. The maximum absolute atomic E-state index is 6.37. The molecule has 166 valence electrons. The number of hydrogen-bond acceptors (Lipinski definition) is 3. The predicted octanol–water partition coefficient (Wildman–Crippen LogP) is 6.18. The number of rotatable bonds is 3. The normalized spacial score (nSPS) is 12.5. The molecule has 0 N–H and O–H groups in total. The summed E-state index contributed by atoms with van der Waals surface area (Å²) in [7, 11) is 0. The largest absolute Gasteiger partial charge is 0.458 e. The summed E-state index contributed by atoms with van der Waals surface area (Å²) in [5.74, 6) is 4.91. The first kappa shape index (κ1) is 20.0. The van der Waals surface area contributed by atoms with Crippen molar-refractivity contribution in [2.45, 2.75) is 6.92 Å². The van der Waals surface area contributed by atoms with E-state index in [0.29, 0.717) is 0 Å². The number of para-hydroxylation sites is 1. The summed E-state index contributed by atoms with van der Waals surface area (Å²) in [5, 5.41) is 0. The second kappa shape index (κ2) is 7.81. The van der Waals surface area contributed by atoms with Crippen LogP contribution in [0.5, 0.6) is 34.5 Å². The summed E-state index contributed by atoms with van der Waals surface area (Å²) < 4.78 is 18.9. The molecule has 4 heteroatoms. The van der Waals surface area contributed by atoms with E-state index < -0.39 is 0 Å². The number of ether oxygens (including phenoxy) is 3. The molecule has 0 aromatic heterocycles. The van der Waals surface area contributed by atoms with E-state index in [0.717, 1.165) is 56.4 Å². The average molecular weight is 452 g/mol. The van der Waals surface area contributed by atoms with E-state index in [1.54, 1.807) is 0 Å². The number of hydrogen-bond donors (Lipinski definition) is 0. The van der Waals surface area contributed by atoms with Gasteiger partial charge in [0, 0.05) is 11.5 Å². The molecule has 0 spiro atoms. The molecule has 0 unspecified atom stereocenters. The highest BCUT2D eigenvalue weighted by Gasteiger charge is 2.39. The molecule has 2 heterocycles. The summed E-state index contributed by atoms with van der Waals surface area (Å²) >= 11 is 0. The van der Waals surface area contributed by atoms with E-state index in [1.807, 2.05) is 54.6 Å². The summed E-state index contributed by atoms with van der Waals surface area (Å²) in [6.45, 7) is 2.19. The molecule has 0 saturated heterocycles. The van der Waals surface area contributed by atoms with E-state index in [2.05, 4.69) is 61.5 Å². The van der Waals surface area contributed by atoms with Crippen molar-refractivity contribution >= 4 is 23.1 Å². The van der Waals surface area contributed by atoms with Gasteiger partial charge >= 0.3 is 0 Å². The van der Waals surface area contributed by atoms with Gasteiger partial charge < -0.3 is 14.2 Å². The van der Waals surface area contributed by atoms with E-state index >= 15 is 0 Å². The second-order valence-electron chi connectivity index (χ2n) is 8.99. The van der Waals surface area contributed by atoms with Crippen molar-refractivity contribution in [1.29, 1.82) is 0 Å². The molecule has 0 bridgehead atoms. The Bertz CT molecular complexity index is 1610. The molecule has 0 saturated carbocycles. The molecule has 3 nitrogen and oxygen atoms in total. The Morgan fingerprint density at radius 2 is 1.26 bits per heavy atom. The van der Waals surface area contributed by atoms with Gasteiger partial charge in [-0.1, -0.05) is 66.7 Å². The Kier molecular flexibility index (Phi) is 4.46. The maximum atomic E-state index is 6.37. The van der Waals surface area contributed by atoms with E-state index in [-0.39, 0.29) is 6.71 Å². The molecule has 5 aromatic carbocycles. The zero-order valence-electron chi connectivity index (χ0n) is 19.2. The van der Waals surface area contributed by atoms with Crippen LogP contribution in [0.25, 0.3) is 11.1 Å². The molecule has 0 fully saturated rings. The molecule has 2 aliphatic heterocycles. The van der Waals surface area contributed by atoms with Crippen LogP contribution in [0.15, 0.2) is 109 Å². The van der Waals surface area contributed by atoms with Gasteiger partial charge in [-0.3, -0.25) is 0 Å². The number of fused-ring (bicyclic) bond motifs is 4. The van der Waals surface area contributed by atoms with Crippen molar-refractivity contribution in [2.24, 2.45) is 0 Å². The van der Waals surface area contributed by atoms with Gasteiger partial charge in [-0.05, 0) is 70.9 Å². The smallest absolute Gasteiger partial charge is 0.260 e. The molecule has 7 rings (SSSR count). The van der Waals surface area contributed by atoms with Crippen molar-refractivity contribution in [3.05, 3.63) is 115 Å². The topological polar surface area (TPSA) is 27.7 Å². The van der Waals surface area contributed by atoms with Gasteiger partial charge in [0.15, 0.2) is 0 Å². The van der Waals surface area contributed by atoms with Crippen LogP contribution in [0.2, 0.25) is 0 Å². The van der Waals surface area contributed by atoms with Gasteiger partial charge in [-0.15, -0.1) is 0 Å². The Morgan fingerprint density at radius 3 is 2.14 bits per heavy atom. The lowest BCUT2D eigenvalue weighted by atomic mass is 9.35. The second-order valence-corrected chi connectivity index (χ2v) is 8.99. The molecule has 0 aliphatic carbocycles. The molecule has 2 aliphatic rings. The Labute approximate surface area is 204 Å². The summed E-state index contributed by atoms with van der Waals surface area (Å²) in [5.41, 5.74) is 6.92.